The molecule has 1 heterocycles. The Bertz CT molecular complexity index is 706. The van der Waals surface area contributed by atoms with Gasteiger partial charge in [0.05, 0.1) is 0 Å². The van der Waals surface area contributed by atoms with Gasteiger partial charge in [-0.05, 0) is 61.0 Å². The van der Waals surface area contributed by atoms with Crippen molar-refractivity contribution in [1.29, 1.82) is 0 Å². The Kier molecular flexibility index (Phi) is 8.00. The summed E-state index contributed by atoms with van der Waals surface area (Å²) in [6.07, 6.45) is 2.98. The van der Waals surface area contributed by atoms with E-state index < -0.39 is 6.09 Å². The Balaban J connectivity index is 0.000000390. The fraction of sp³-hybridized carbons (Fsp3) is 0.421. The van der Waals surface area contributed by atoms with E-state index in [4.69, 9.17) is 5.11 Å². The zero-order valence-electron chi connectivity index (χ0n) is 15.0. The van der Waals surface area contributed by atoms with Crippen LogP contribution in [-0.4, -0.2) is 53.8 Å². The number of amides is 1. The number of nitrogens with zero attached hydrogens (tertiary/aromatic N) is 2. The number of aromatic hydroxyl groups is 1. The van der Waals surface area contributed by atoms with Gasteiger partial charge in [-0.15, -0.1) is 12.4 Å². The second-order valence-electron chi connectivity index (χ2n) is 6.46. The molecule has 1 atom stereocenters. The van der Waals surface area contributed by atoms with Crippen molar-refractivity contribution in [2.45, 2.75) is 25.3 Å². The van der Waals surface area contributed by atoms with E-state index >= 15 is 0 Å². The predicted octanol–water partition coefficient (Wildman–Crippen LogP) is 4.35. The van der Waals surface area contributed by atoms with Crippen molar-refractivity contribution in [3.63, 3.8) is 0 Å². The number of likely N-dealkylation sites (tertiary alicyclic amines) is 1. The summed E-state index contributed by atoms with van der Waals surface area (Å²) < 4.78 is 0. The summed E-state index contributed by atoms with van der Waals surface area (Å²) in [5.74, 6) is 0.338. The minimum absolute atomic E-state index is 0. The summed E-state index contributed by atoms with van der Waals surface area (Å²) in [6, 6.07) is 12.7. The van der Waals surface area contributed by atoms with E-state index in [-0.39, 0.29) is 12.4 Å². The van der Waals surface area contributed by atoms with Gasteiger partial charge >= 0.3 is 6.09 Å². The SMILES string of the molecule is CN(C)C(=O)O.CN1CCCCC1c1ccc2cc(O)ccc2c1.Cl. The van der Waals surface area contributed by atoms with E-state index in [2.05, 4.69) is 30.1 Å². The quantitative estimate of drug-likeness (QED) is 0.787. The molecule has 0 aliphatic carbocycles. The Morgan fingerprint density at radius 1 is 1.12 bits per heavy atom. The number of hydrogen-bond donors (Lipinski definition) is 2. The van der Waals surface area contributed by atoms with Gasteiger partial charge in [0.25, 0.3) is 0 Å². The van der Waals surface area contributed by atoms with Crippen LogP contribution < -0.4 is 0 Å². The molecule has 1 aliphatic rings. The maximum absolute atomic E-state index is 9.62. The van der Waals surface area contributed by atoms with Gasteiger partial charge in [0.2, 0.25) is 0 Å². The minimum Gasteiger partial charge on any atom is -0.508 e. The summed E-state index contributed by atoms with van der Waals surface area (Å²) in [6.45, 7) is 1.19. The van der Waals surface area contributed by atoms with Gasteiger partial charge in [-0.3, -0.25) is 4.90 Å². The van der Waals surface area contributed by atoms with Crippen LogP contribution in [0, 0.1) is 0 Å². The number of rotatable bonds is 1. The average Bonchev–Trinajstić information content (AvgIpc) is 2.55. The highest BCUT2D eigenvalue weighted by Gasteiger charge is 2.20. The van der Waals surface area contributed by atoms with Crippen molar-refractivity contribution >= 4 is 29.3 Å². The Morgan fingerprint density at radius 2 is 1.72 bits per heavy atom. The van der Waals surface area contributed by atoms with E-state index in [0.29, 0.717) is 11.8 Å². The average molecular weight is 367 g/mol. The first-order valence-corrected chi connectivity index (χ1v) is 8.21. The van der Waals surface area contributed by atoms with Crippen LogP contribution in [0.3, 0.4) is 0 Å². The molecule has 0 bridgehead atoms. The molecule has 2 N–H and O–H groups in total. The summed E-state index contributed by atoms with van der Waals surface area (Å²) >= 11 is 0. The number of halogens is 1. The number of carbonyl (C=O) groups is 1. The van der Waals surface area contributed by atoms with Gasteiger partial charge in [-0.25, -0.2) is 4.79 Å². The number of fused-ring (bicyclic) bond motifs is 1. The molecule has 1 saturated heterocycles. The monoisotopic (exact) mass is 366 g/mol. The topological polar surface area (TPSA) is 64.0 Å². The second-order valence-corrected chi connectivity index (χ2v) is 6.46. The van der Waals surface area contributed by atoms with Crippen molar-refractivity contribution in [2.75, 3.05) is 27.7 Å². The van der Waals surface area contributed by atoms with Gasteiger partial charge < -0.3 is 15.1 Å². The molecule has 5 nitrogen and oxygen atoms in total. The molecular weight excluding hydrogens is 340 g/mol. The normalized spacial score (nSPS) is 17.2. The van der Waals surface area contributed by atoms with E-state index in [0.717, 1.165) is 10.3 Å². The zero-order chi connectivity index (χ0) is 17.7. The first-order valence-electron chi connectivity index (χ1n) is 8.21. The standard InChI is InChI=1S/C16H19NO.C3H7NO2.ClH/c1-17-9-3-2-4-16(17)14-6-5-13-11-15(18)8-7-12(13)10-14;1-4(2)3(5)6;/h5-8,10-11,16,18H,2-4,9H2,1H3;1-2H3,(H,5,6);1H. The first kappa shape index (κ1) is 21.1. The van der Waals surface area contributed by atoms with Crippen molar-refractivity contribution < 1.29 is 15.0 Å². The van der Waals surface area contributed by atoms with Gasteiger partial charge in [0, 0.05) is 20.1 Å². The number of carboxylic acid groups (broad SMARTS) is 1. The molecule has 138 valence electrons. The molecule has 6 heteroatoms. The molecule has 0 aromatic heterocycles. The van der Waals surface area contributed by atoms with Crippen molar-refractivity contribution in [1.82, 2.24) is 9.80 Å². The summed E-state index contributed by atoms with van der Waals surface area (Å²) in [4.78, 5) is 13.2. The maximum atomic E-state index is 9.62. The van der Waals surface area contributed by atoms with Crippen LogP contribution in [0.15, 0.2) is 36.4 Å². The van der Waals surface area contributed by atoms with Crippen LogP contribution in [0.2, 0.25) is 0 Å². The predicted molar refractivity (Wildman–Crippen MR) is 104 cm³/mol. The van der Waals surface area contributed by atoms with E-state index in [1.807, 2.05) is 12.1 Å². The van der Waals surface area contributed by atoms with Crippen LogP contribution >= 0.6 is 12.4 Å². The highest BCUT2D eigenvalue weighted by Crippen LogP contribution is 2.31. The van der Waals surface area contributed by atoms with Crippen LogP contribution in [0.4, 0.5) is 4.79 Å². The Morgan fingerprint density at radius 3 is 2.32 bits per heavy atom. The molecule has 1 amide bonds. The molecule has 1 aliphatic heterocycles. The number of piperidine rings is 1. The third kappa shape index (κ3) is 5.80. The number of phenols is 1. The molecule has 25 heavy (non-hydrogen) atoms. The Labute approximate surface area is 155 Å². The van der Waals surface area contributed by atoms with Crippen LogP contribution in [-0.2, 0) is 0 Å². The van der Waals surface area contributed by atoms with E-state index in [1.54, 1.807) is 6.07 Å². The zero-order valence-corrected chi connectivity index (χ0v) is 15.8. The smallest absolute Gasteiger partial charge is 0.406 e. The fourth-order valence-corrected chi connectivity index (χ4v) is 2.96. The molecule has 0 radical (unpaired) electrons. The second kappa shape index (κ2) is 9.49. The number of phenolic OH excluding ortho intramolecular Hbond substituents is 1. The summed E-state index contributed by atoms with van der Waals surface area (Å²) in [7, 11) is 5.16. The fourth-order valence-electron chi connectivity index (χ4n) is 2.96. The number of benzene rings is 2. The van der Waals surface area contributed by atoms with E-state index in [9.17, 15) is 9.90 Å². The van der Waals surface area contributed by atoms with Gasteiger partial charge in [-0.2, -0.15) is 0 Å². The van der Waals surface area contributed by atoms with E-state index in [1.165, 1.54) is 50.9 Å². The maximum Gasteiger partial charge on any atom is 0.406 e. The largest absolute Gasteiger partial charge is 0.508 e. The van der Waals surface area contributed by atoms with Gasteiger partial charge in [0.1, 0.15) is 5.75 Å². The molecule has 2 aromatic rings. The van der Waals surface area contributed by atoms with Gasteiger partial charge in [-0.1, -0.05) is 24.6 Å². The van der Waals surface area contributed by atoms with Crippen molar-refractivity contribution in [3.8, 4) is 5.75 Å². The lowest BCUT2D eigenvalue weighted by Crippen LogP contribution is -2.29. The Hall–Kier alpha value is -1.98. The third-order valence-corrected chi connectivity index (χ3v) is 4.39. The summed E-state index contributed by atoms with van der Waals surface area (Å²) in [5, 5.41) is 19.7. The first-order chi connectivity index (χ1) is 11.4. The van der Waals surface area contributed by atoms with Crippen LogP contribution in [0.5, 0.6) is 5.75 Å². The summed E-state index contributed by atoms with van der Waals surface area (Å²) in [5.41, 5.74) is 1.40. The molecule has 2 aromatic carbocycles. The van der Waals surface area contributed by atoms with Gasteiger partial charge in [0.15, 0.2) is 0 Å². The van der Waals surface area contributed by atoms with Crippen LogP contribution in [0.25, 0.3) is 10.8 Å². The highest BCUT2D eigenvalue weighted by atomic mass is 35.5. The minimum atomic E-state index is -0.907. The molecule has 1 unspecified atom stereocenters. The lowest BCUT2D eigenvalue weighted by molar-refractivity contribution is 0.165. The molecular formula is C19H27ClN2O3. The highest BCUT2D eigenvalue weighted by molar-refractivity contribution is 5.85. The molecule has 0 saturated carbocycles. The molecule has 3 rings (SSSR count). The van der Waals surface area contributed by atoms with Crippen molar-refractivity contribution in [2.24, 2.45) is 0 Å². The lowest BCUT2D eigenvalue weighted by atomic mass is 9.94. The molecule has 1 fully saturated rings. The third-order valence-electron chi connectivity index (χ3n) is 4.39. The number of hydrogen-bond acceptors (Lipinski definition) is 3. The molecule has 0 spiro atoms. The van der Waals surface area contributed by atoms with Crippen LogP contribution in [0.1, 0.15) is 30.9 Å². The lowest BCUT2D eigenvalue weighted by Gasteiger charge is -2.32. The van der Waals surface area contributed by atoms with Crippen molar-refractivity contribution in [3.05, 3.63) is 42.0 Å².